The van der Waals surface area contributed by atoms with Gasteiger partial charge in [0.05, 0.1) is 11.7 Å². The van der Waals surface area contributed by atoms with Crippen LogP contribution in [0.1, 0.15) is 65.9 Å². The molecule has 0 radical (unpaired) electrons. The summed E-state index contributed by atoms with van der Waals surface area (Å²) in [6.45, 7) is 15.8. The molecule has 3 N–H and O–H groups in total. The van der Waals surface area contributed by atoms with E-state index in [4.69, 9.17) is 4.74 Å². The van der Waals surface area contributed by atoms with E-state index in [1.54, 1.807) is 6.92 Å². The fourth-order valence-electron chi connectivity index (χ4n) is 7.88. The van der Waals surface area contributed by atoms with Crippen LogP contribution in [0.25, 0.3) is 10.9 Å². The van der Waals surface area contributed by atoms with Crippen molar-refractivity contribution in [3.8, 4) is 0 Å². The normalized spacial score (nSPS) is 33.5. The lowest BCUT2D eigenvalue weighted by molar-refractivity contribution is -0.145. The van der Waals surface area contributed by atoms with Gasteiger partial charge in [0, 0.05) is 40.9 Å². The lowest BCUT2D eigenvalue weighted by Gasteiger charge is -2.47. The van der Waals surface area contributed by atoms with E-state index < -0.39 is 34.6 Å². The highest BCUT2D eigenvalue weighted by Crippen LogP contribution is 2.67. The number of epoxide rings is 1. The Morgan fingerprint density at radius 2 is 1.90 bits per heavy atom. The highest BCUT2D eigenvalue weighted by atomic mass is 16.6. The second kappa shape index (κ2) is 11.1. The Hall–Kier alpha value is -3.29. The summed E-state index contributed by atoms with van der Waals surface area (Å²) < 4.78 is 6.45. The fraction of sp³-hybridized carbons (Fsp3) is 0.514. The standard InChI is InChI=1S/C35H44N2O5/c1-8-24-29-30(21(6)23-18-36-26-15-10-9-13-22(23)26)37-33(41)35(29,28(39)17-16-27(38)31(40)20(4)5)25(14-11-12-19(2)3)32-34(24,7)42-32/h9-11,13-19,21,24-25,29-32,36,40H,4,8,12H2,1-3,5-7H3,(H,37,41)/b14-11+,17-16+. The van der Waals surface area contributed by atoms with Crippen LogP contribution in [0.2, 0.25) is 0 Å². The predicted molar refractivity (Wildman–Crippen MR) is 164 cm³/mol. The molecule has 1 saturated carbocycles. The summed E-state index contributed by atoms with van der Waals surface area (Å²) >= 11 is 0. The van der Waals surface area contributed by atoms with Crippen LogP contribution in [0.15, 0.2) is 66.9 Å². The summed E-state index contributed by atoms with van der Waals surface area (Å²) in [5.74, 6) is -2.00. The topological polar surface area (TPSA) is 112 Å². The molecule has 0 spiro atoms. The molecular formula is C35H44N2O5. The number of amides is 1. The monoisotopic (exact) mass is 572 g/mol. The van der Waals surface area contributed by atoms with Gasteiger partial charge in [0.15, 0.2) is 11.6 Å². The van der Waals surface area contributed by atoms with Crippen molar-refractivity contribution in [1.29, 1.82) is 0 Å². The number of carbonyl (C=O) groups is 3. The molecule has 2 saturated heterocycles. The fourth-order valence-corrected chi connectivity index (χ4v) is 7.88. The number of aliphatic hydroxyl groups excluding tert-OH is 1. The summed E-state index contributed by atoms with van der Waals surface area (Å²) in [7, 11) is 0. The second-order valence-electron chi connectivity index (χ2n) is 13.1. The number of aliphatic hydroxyl groups is 1. The first-order chi connectivity index (χ1) is 19.9. The Balaban J connectivity index is 1.64. The first kappa shape index (κ1) is 30.2. The van der Waals surface area contributed by atoms with Crippen molar-refractivity contribution >= 4 is 28.4 Å². The first-order valence-corrected chi connectivity index (χ1v) is 15.2. The minimum atomic E-state index is -1.45. The smallest absolute Gasteiger partial charge is 0.235 e. The van der Waals surface area contributed by atoms with Gasteiger partial charge in [-0.1, -0.05) is 71.0 Å². The van der Waals surface area contributed by atoms with Crippen LogP contribution in [-0.4, -0.2) is 51.4 Å². The maximum Gasteiger partial charge on any atom is 0.235 e. The molecule has 1 aromatic heterocycles. The van der Waals surface area contributed by atoms with Gasteiger partial charge in [0.2, 0.25) is 5.91 Å². The maximum absolute atomic E-state index is 14.5. The number of para-hydroxylation sites is 1. The molecule has 5 rings (SSSR count). The molecule has 1 amide bonds. The zero-order valence-electron chi connectivity index (χ0n) is 25.5. The number of hydrogen-bond donors (Lipinski definition) is 3. The largest absolute Gasteiger partial charge is 0.381 e. The molecule has 2 aliphatic heterocycles. The van der Waals surface area contributed by atoms with Crippen LogP contribution in [0, 0.1) is 29.1 Å². The maximum atomic E-state index is 14.5. The van der Waals surface area contributed by atoms with Gasteiger partial charge in [-0.15, -0.1) is 0 Å². The van der Waals surface area contributed by atoms with Gasteiger partial charge in [-0.3, -0.25) is 14.4 Å². The Morgan fingerprint density at radius 3 is 2.57 bits per heavy atom. The quantitative estimate of drug-likeness (QED) is 0.144. The number of rotatable bonds is 11. The van der Waals surface area contributed by atoms with Crippen LogP contribution < -0.4 is 5.32 Å². The average Bonchev–Trinajstić information content (AvgIpc) is 3.31. The molecule has 224 valence electrons. The first-order valence-electron chi connectivity index (χ1n) is 15.2. The molecule has 0 bridgehead atoms. The SMILES string of the molecule is C=C(C)C(O)C(=O)/C=C/C(=O)C12C(=O)NC(C(C)c3c[nH]c4ccccc34)C1C(CC)C1(C)OC1C2/C=C/CC(C)C. The molecule has 7 nitrogen and oxygen atoms in total. The third-order valence-corrected chi connectivity index (χ3v) is 10.1. The molecule has 7 heteroatoms. The molecular weight excluding hydrogens is 528 g/mol. The van der Waals surface area contributed by atoms with E-state index in [-0.39, 0.29) is 35.8 Å². The Morgan fingerprint density at radius 1 is 1.19 bits per heavy atom. The number of hydrogen-bond acceptors (Lipinski definition) is 5. The molecule has 1 aromatic carbocycles. The highest BCUT2D eigenvalue weighted by Gasteiger charge is 2.79. The number of benzene rings is 1. The molecule has 3 heterocycles. The number of H-pyrrole nitrogens is 1. The third-order valence-electron chi connectivity index (χ3n) is 10.1. The van der Waals surface area contributed by atoms with Crippen LogP contribution in [-0.2, 0) is 19.1 Å². The number of nitrogens with one attached hydrogen (secondary N) is 2. The van der Waals surface area contributed by atoms with Crippen molar-refractivity contribution in [2.24, 2.45) is 29.1 Å². The molecule has 3 fully saturated rings. The van der Waals surface area contributed by atoms with E-state index in [1.807, 2.05) is 30.5 Å². The molecule has 9 unspecified atom stereocenters. The minimum absolute atomic E-state index is 0.0667. The van der Waals surface area contributed by atoms with Crippen LogP contribution in [0.3, 0.4) is 0 Å². The number of ketones is 2. The number of carbonyl (C=O) groups excluding carboxylic acids is 3. The number of aromatic amines is 1. The van der Waals surface area contributed by atoms with Crippen molar-refractivity contribution < 1.29 is 24.2 Å². The number of aromatic nitrogens is 1. The third kappa shape index (κ3) is 4.62. The summed E-state index contributed by atoms with van der Waals surface area (Å²) in [5, 5.41) is 14.6. The second-order valence-corrected chi connectivity index (χ2v) is 13.1. The number of ether oxygens (including phenoxy) is 1. The van der Waals surface area contributed by atoms with Crippen molar-refractivity contribution in [2.75, 3.05) is 0 Å². The summed E-state index contributed by atoms with van der Waals surface area (Å²) in [6, 6.07) is 7.76. The van der Waals surface area contributed by atoms with E-state index in [0.717, 1.165) is 35.4 Å². The Labute approximate surface area is 248 Å². The Bertz CT molecular complexity index is 1470. The van der Waals surface area contributed by atoms with Gasteiger partial charge in [-0.25, -0.2) is 0 Å². The van der Waals surface area contributed by atoms with Gasteiger partial charge >= 0.3 is 0 Å². The minimum Gasteiger partial charge on any atom is -0.381 e. The van der Waals surface area contributed by atoms with Gasteiger partial charge in [0.25, 0.3) is 0 Å². The van der Waals surface area contributed by atoms with E-state index in [0.29, 0.717) is 11.5 Å². The van der Waals surface area contributed by atoms with Crippen LogP contribution >= 0.6 is 0 Å². The van der Waals surface area contributed by atoms with Gasteiger partial charge in [-0.05, 0) is 61.5 Å². The van der Waals surface area contributed by atoms with E-state index >= 15 is 0 Å². The van der Waals surface area contributed by atoms with Gasteiger partial charge in [-0.2, -0.15) is 0 Å². The predicted octanol–water partition coefficient (Wildman–Crippen LogP) is 5.42. The molecule has 3 aliphatic rings. The lowest BCUT2D eigenvalue weighted by Crippen LogP contribution is -2.58. The summed E-state index contributed by atoms with van der Waals surface area (Å²) in [4.78, 5) is 45.0. The van der Waals surface area contributed by atoms with Crippen molar-refractivity contribution in [2.45, 2.75) is 84.2 Å². The van der Waals surface area contributed by atoms with E-state index in [2.05, 4.69) is 63.6 Å². The highest BCUT2D eigenvalue weighted by molar-refractivity contribution is 6.15. The molecule has 42 heavy (non-hydrogen) atoms. The lowest BCUT2D eigenvalue weighted by atomic mass is 9.50. The summed E-state index contributed by atoms with van der Waals surface area (Å²) in [5.41, 5.74) is 0.479. The Kier molecular flexibility index (Phi) is 7.96. The van der Waals surface area contributed by atoms with Gasteiger partial charge in [0.1, 0.15) is 11.5 Å². The van der Waals surface area contributed by atoms with Crippen molar-refractivity contribution in [3.63, 3.8) is 0 Å². The van der Waals surface area contributed by atoms with Gasteiger partial charge < -0.3 is 20.1 Å². The van der Waals surface area contributed by atoms with Crippen LogP contribution in [0.5, 0.6) is 0 Å². The van der Waals surface area contributed by atoms with Crippen molar-refractivity contribution in [1.82, 2.24) is 10.3 Å². The molecule has 2 aromatic rings. The zero-order valence-corrected chi connectivity index (χ0v) is 25.5. The zero-order chi connectivity index (χ0) is 30.6. The van der Waals surface area contributed by atoms with Crippen LogP contribution in [0.4, 0.5) is 0 Å². The number of allylic oxidation sites excluding steroid dienone is 2. The van der Waals surface area contributed by atoms with E-state index in [1.165, 1.54) is 6.08 Å². The van der Waals surface area contributed by atoms with E-state index in [9.17, 15) is 19.5 Å². The molecule has 9 atom stereocenters. The van der Waals surface area contributed by atoms with Crippen molar-refractivity contribution in [3.05, 3.63) is 72.5 Å². The molecule has 1 aliphatic carbocycles. The average molecular weight is 573 g/mol. The number of fused-ring (bicyclic) bond motifs is 3. The summed E-state index contributed by atoms with van der Waals surface area (Å²) in [6.07, 6.45) is 8.26.